The molecule has 0 aliphatic rings. The highest BCUT2D eigenvalue weighted by Gasteiger charge is 2.17. The summed E-state index contributed by atoms with van der Waals surface area (Å²) >= 11 is 0. The third-order valence-electron chi connectivity index (χ3n) is 2.42. The predicted molar refractivity (Wildman–Crippen MR) is 64.3 cm³/mol. The summed E-state index contributed by atoms with van der Waals surface area (Å²) < 4.78 is 0. The molecule has 1 heterocycles. The molecule has 4 heteroatoms. The van der Waals surface area contributed by atoms with Crippen LogP contribution in [0.15, 0.2) is 30.5 Å². The zero-order valence-corrected chi connectivity index (χ0v) is 9.44. The lowest BCUT2D eigenvalue weighted by atomic mass is 10.1. The first-order valence-electron chi connectivity index (χ1n) is 5.22. The van der Waals surface area contributed by atoms with Gasteiger partial charge in [0.2, 0.25) is 0 Å². The number of fused-ring (bicyclic) bond motifs is 1. The average Bonchev–Trinajstić information content (AvgIpc) is 2.29. The smallest absolute Gasteiger partial charge is 0.157 e. The quantitative estimate of drug-likeness (QED) is 0.823. The number of aliphatic hydroxyl groups excluding tert-OH is 1. The second-order valence-corrected chi connectivity index (χ2v) is 4.45. The van der Waals surface area contributed by atoms with Crippen molar-refractivity contribution < 1.29 is 5.11 Å². The minimum absolute atomic E-state index is 0.0396. The predicted octanol–water partition coefficient (Wildman–Crippen LogP) is 1.81. The second-order valence-electron chi connectivity index (χ2n) is 4.45. The van der Waals surface area contributed by atoms with E-state index >= 15 is 0 Å². The maximum atomic E-state index is 9.22. The zero-order chi connectivity index (χ0) is 11.6. The van der Waals surface area contributed by atoms with Crippen LogP contribution in [0, 0.1) is 0 Å². The minimum Gasteiger partial charge on any atom is -0.394 e. The molecule has 0 radical (unpaired) electrons. The van der Waals surface area contributed by atoms with Crippen molar-refractivity contribution >= 4 is 16.6 Å². The molecule has 0 spiro atoms. The van der Waals surface area contributed by atoms with E-state index < -0.39 is 5.54 Å². The van der Waals surface area contributed by atoms with Crippen molar-refractivity contribution in [1.29, 1.82) is 0 Å². The SMILES string of the molecule is CC(C)(CO)Nc1nncc2ccccc12. The molecule has 2 rings (SSSR count). The van der Waals surface area contributed by atoms with Gasteiger partial charge in [-0.2, -0.15) is 5.10 Å². The first-order valence-corrected chi connectivity index (χ1v) is 5.22. The Morgan fingerprint density at radius 1 is 1.31 bits per heavy atom. The molecule has 1 aromatic carbocycles. The molecule has 0 atom stereocenters. The van der Waals surface area contributed by atoms with Crippen LogP contribution in [0.5, 0.6) is 0 Å². The Balaban J connectivity index is 2.45. The Labute approximate surface area is 94.3 Å². The molecule has 0 unspecified atom stereocenters. The van der Waals surface area contributed by atoms with Crippen molar-refractivity contribution in [2.75, 3.05) is 11.9 Å². The van der Waals surface area contributed by atoms with Gasteiger partial charge in [-0.25, -0.2) is 0 Å². The number of hydrogen-bond acceptors (Lipinski definition) is 4. The fourth-order valence-electron chi connectivity index (χ4n) is 1.48. The van der Waals surface area contributed by atoms with E-state index in [2.05, 4.69) is 15.5 Å². The molecule has 0 saturated heterocycles. The second kappa shape index (κ2) is 4.06. The molecular formula is C12H15N3O. The third kappa shape index (κ3) is 2.12. The van der Waals surface area contributed by atoms with Crippen LogP contribution in [0.4, 0.5) is 5.82 Å². The highest BCUT2D eigenvalue weighted by atomic mass is 16.3. The standard InChI is InChI=1S/C12H15N3O/c1-12(2,8-16)14-11-10-6-4-3-5-9(10)7-13-15-11/h3-7,16H,8H2,1-2H3,(H,14,15). The van der Waals surface area contributed by atoms with Gasteiger partial charge in [0.25, 0.3) is 0 Å². The van der Waals surface area contributed by atoms with Crippen LogP contribution in [-0.2, 0) is 0 Å². The zero-order valence-electron chi connectivity index (χ0n) is 9.44. The van der Waals surface area contributed by atoms with Gasteiger partial charge in [-0.1, -0.05) is 24.3 Å². The maximum Gasteiger partial charge on any atom is 0.157 e. The Hall–Kier alpha value is -1.68. The van der Waals surface area contributed by atoms with E-state index in [0.29, 0.717) is 5.82 Å². The Morgan fingerprint density at radius 2 is 2.06 bits per heavy atom. The lowest BCUT2D eigenvalue weighted by molar-refractivity contribution is 0.234. The molecular weight excluding hydrogens is 202 g/mol. The van der Waals surface area contributed by atoms with Crippen molar-refractivity contribution in [2.45, 2.75) is 19.4 Å². The van der Waals surface area contributed by atoms with Gasteiger partial charge < -0.3 is 10.4 Å². The molecule has 2 aromatic rings. The summed E-state index contributed by atoms with van der Waals surface area (Å²) in [6, 6.07) is 7.90. The molecule has 2 N–H and O–H groups in total. The van der Waals surface area contributed by atoms with Gasteiger partial charge in [-0.15, -0.1) is 5.10 Å². The van der Waals surface area contributed by atoms with Gasteiger partial charge in [-0.3, -0.25) is 0 Å². The van der Waals surface area contributed by atoms with E-state index in [1.165, 1.54) is 0 Å². The number of benzene rings is 1. The summed E-state index contributed by atoms with van der Waals surface area (Å²) in [5.74, 6) is 0.706. The number of nitrogens with one attached hydrogen (secondary N) is 1. The number of hydrogen-bond donors (Lipinski definition) is 2. The molecule has 0 aliphatic carbocycles. The van der Waals surface area contributed by atoms with Gasteiger partial charge >= 0.3 is 0 Å². The van der Waals surface area contributed by atoms with Gasteiger partial charge in [0.1, 0.15) is 0 Å². The van der Waals surface area contributed by atoms with Crippen molar-refractivity contribution in [1.82, 2.24) is 10.2 Å². The van der Waals surface area contributed by atoms with Crippen LogP contribution >= 0.6 is 0 Å². The Bertz CT molecular complexity index is 491. The van der Waals surface area contributed by atoms with Crippen LogP contribution < -0.4 is 5.32 Å². The van der Waals surface area contributed by atoms with E-state index in [1.807, 2.05) is 38.1 Å². The van der Waals surface area contributed by atoms with Crippen LogP contribution in [0.3, 0.4) is 0 Å². The summed E-state index contributed by atoms with van der Waals surface area (Å²) in [7, 11) is 0. The van der Waals surface area contributed by atoms with Crippen molar-refractivity contribution in [3.8, 4) is 0 Å². The highest BCUT2D eigenvalue weighted by Crippen LogP contribution is 2.22. The van der Waals surface area contributed by atoms with Crippen LogP contribution in [-0.4, -0.2) is 27.4 Å². The summed E-state index contributed by atoms with van der Waals surface area (Å²) in [5.41, 5.74) is -0.404. The number of rotatable bonds is 3. The minimum atomic E-state index is -0.404. The van der Waals surface area contributed by atoms with Gasteiger partial charge in [0.15, 0.2) is 5.82 Å². The molecule has 0 fully saturated rings. The molecule has 1 aromatic heterocycles. The number of aromatic nitrogens is 2. The van der Waals surface area contributed by atoms with Gasteiger partial charge in [0, 0.05) is 10.8 Å². The third-order valence-corrected chi connectivity index (χ3v) is 2.42. The van der Waals surface area contributed by atoms with Crippen LogP contribution in [0.1, 0.15) is 13.8 Å². The van der Waals surface area contributed by atoms with E-state index in [0.717, 1.165) is 10.8 Å². The first kappa shape index (κ1) is 10.8. The van der Waals surface area contributed by atoms with Crippen molar-refractivity contribution in [2.24, 2.45) is 0 Å². The molecule has 84 valence electrons. The maximum absolute atomic E-state index is 9.22. The summed E-state index contributed by atoms with van der Waals surface area (Å²) in [6.45, 7) is 3.87. The van der Waals surface area contributed by atoms with E-state index in [-0.39, 0.29) is 6.61 Å². The van der Waals surface area contributed by atoms with E-state index in [9.17, 15) is 5.11 Å². The summed E-state index contributed by atoms with van der Waals surface area (Å²) in [4.78, 5) is 0. The monoisotopic (exact) mass is 217 g/mol. The molecule has 0 bridgehead atoms. The molecule has 4 nitrogen and oxygen atoms in total. The van der Waals surface area contributed by atoms with Gasteiger partial charge in [0.05, 0.1) is 18.3 Å². The molecule has 0 amide bonds. The summed E-state index contributed by atoms with van der Waals surface area (Å²) in [6.07, 6.45) is 1.73. The highest BCUT2D eigenvalue weighted by molar-refractivity contribution is 5.91. The van der Waals surface area contributed by atoms with E-state index in [1.54, 1.807) is 6.20 Å². The first-order chi connectivity index (χ1) is 7.62. The number of anilines is 1. The Morgan fingerprint density at radius 3 is 2.81 bits per heavy atom. The largest absolute Gasteiger partial charge is 0.394 e. The normalized spacial score (nSPS) is 11.7. The Kier molecular flexibility index (Phi) is 2.75. The van der Waals surface area contributed by atoms with Crippen LogP contribution in [0.2, 0.25) is 0 Å². The lowest BCUT2D eigenvalue weighted by Gasteiger charge is -2.24. The molecule has 0 aliphatic heterocycles. The van der Waals surface area contributed by atoms with Crippen molar-refractivity contribution in [3.05, 3.63) is 30.5 Å². The molecule has 0 saturated carbocycles. The number of aliphatic hydroxyl groups is 1. The van der Waals surface area contributed by atoms with Crippen molar-refractivity contribution in [3.63, 3.8) is 0 Å². The topological polar surface area (TPSA) is 58.0 Å². The van der Waals surface area contributed by atoms with E-state index in [4.69, 9.17) is 0 Å². The lowest BCUT2D eigenvalue weighted by Crippen LogP contribution is -2.35. The fraction of sp³-hybridized carbons (Fsp3) is 0.333. The van der Waals surface area contributed by atoms with Crippen LogP contribution in [0.25, 0.3) is 10.8 Å². The van der Waals surface area contributed by atoms with Gasteiger partial charge in [-0.05, 0) is 13.8 Å². The average molecular weight is 217 g/mol. The molecule has 16 heavy (non-hydrogen) atoms. The summed E-state index contributed by atoms with van der Waals surface area (Å²) in [5, 5.41) is 22.5. The fourth-order valence-corrected chi connectivity index (χ4v) is 1.48. The number of nitrogens with zero attached hydrogens (tertiary/aromatic N) is 2.